The highest BCUT2D eigenvalue weighted by atomic mass is 16.5. The van der Waals surface area contributed by atoms with Gasteiger partial charge in [-0.1, -0.05) is 12.1 Å². The summed E-state index contributed by atoms with van der Waals surface area (Å²) in [5.41, 5.74) is 2.12. The lowest BCUT2D eigenvalue weighted by Gasteiger charge is -2.29. The van der Waals surface area contributed by atoms with Gasteiger partial charge < -0.3 is 9.64 Å². The number of carbonyl (C=O) groups is 2. The summed E-state index contributed by atoms with van der Waals surface area (Å²) in [6, 6.07) is 5.95. The maximum atomic E-state index is 12.3. The number of benzene rings is 1. The molecule has 1 aliphatic rings. The van der Waals surface area contributed by atoms with Crippen LogP contribution in [-0.2, 0) is 9.59 Å². The van der Waals surface area contributed by atoms with Crippen molar-refractivity contribution >= 4 is 11.7 Å². The number of aryl methyl sites for hydroxylation is 2. The van der Waals surface area contributed by atoms with E-state index in [1.165, 1.54) is 0 Å². The molecule has 108 valence electrons. The Hall–Kier alpha value is -1.84. The van der Waals surface area contributed by atoms with E-state index in [2.05, 4.69) is 0 Å². The number of carbonyl (C=O) groups excluding carboxylic acids is 2. The Morgan fingerprint density at radius 3 is 2.55 bits per heavy atom. The standard InChI is InChI=1S/C16H21NO3/c1-11-4-5-12(2)15(10-11)20-13(3)16(19)17-8-6-14(18)7-9-17/h4-5,10,13H,6-9H2,1-3H3. The number of ketones is 1. The molecule has 20 heavy (non-hydrogen) atoms. The number of nitrogens with zero attached hydrogens (tertiary/aromatic N) is 1. The Morgan fingerprint density at radius 1 is 1.25 bits per heavy atom. The predicted molar refractivity (Wildman–Crippen MR) is 76.8 cm³/mol. The summed E-state index contributed by atoms with van der Waals surface area (Å²) in [4.78, 5) is 25.2. The van der Waals surface area contributed by atoms with Gasteiger partial charge >= 0.3 is 0 Å². The average molecular weight is 275 g/mol. The van der Waals surface area contributed by atoms with E-state index < -0.39 is 6.10 Å². The fourth-order valence-electron chi connectivity index (χ4n) is 2.31. The Morgan fingerprint density at radius 2 is 1.90 bits per heavy atom. The van der Waals surface area contributed by atoms with Gasteiger partial charge in [-0.15, -0.1) is 0 Å². The Labute approximate surface area is 119 Å². The van der Waals surface area contributed by atoms with Crippen LogP contribution < -0.4 is 4.74 Å². The lowest BCUT2D eigenvalue weighted by atomic mass is 10.1. The minimum Gasteiger partial charge on any atom is -0.481 e. The van der Waals surface area contributed by atoms with Crippen LogP contribution in [0.5, 0.6) is 5.75 Å². The number of rotatable bonds is 3. The molecule has 1 unspecified atom stereocenters. The first kappa shape index (κ1) is 14.6. The minimum absolute atomic E-state index is 0.0431. The highest BCUT2D eigenvalue weighted by molar-refractivity contribution is 5.85. The van der Waals surface area contributed by atoms with Crippen LogP contribution in [0.4, 0.5) is 0 Å². The molecule has 0 radical (unpaired) electrons. The molecule has 0 aliphatic carbocycles. The average Bonchev–Trinajstić information content (AvgIpc) is 2.43. The van der Waals surface area contributed by atoms with Crippen molar-refractivity contribution in [2.24, 2.45) is 0 Å². The van der Waals surface area contributed by atoms with E-state index in [1.54, 1.807) is 11.8 Å². The van der Waals surface area contributed by atoms with Crippen molar-refractivity contribution in [3.8, 4) is 5.75 Å². The number of amides is 1. The normalized spacial score (nSPS) is 16.9. The molecule has 2 rings (SSSR count). The number of Topliss-reactive ketones (excluding diaryl/α,β-unsaturated/α-hetero) is 1. The lowest BCUT2D eigenvalue weighted by Crippen LogP contribution is -2.44. The van der Waals surface area contributed by atoms with Crippen molar-refractivity contribution in [3.63, 3.8) is 0 Å². The summed E-state index contributed by atoms with van der Waals surface area (Å²) < 4.78 is 5.79. The number of hydrogen-bond donors (Lipinski definition) is 0. The van der Waals surface area contributed by atoms with E-state index in [0.717, 1.165) is 16.9 Å². The molecule has 1 heterocycles. The minimum atomic E-state index is -0.524. The summed E-state index contributed by atoms with van der Waals surface area (Å²) in [5.74, 6) is 0.939. The first-order valence-corrected chi connectivity index (χ1v) is 7.02. The van der Waals surface area contributed by atoms with Crippen molar-refractivity contribution in [3.05, 3.63) is 29.3 Å². The third kappa shape index (κ3) is 3.38. The molecule has 4 nitrogen and oxygen atoms in total. The number of piperidine rings is 1. The first-order chi connectivity index (χ1) is 9.47. The van der Waals surface area contributed by atoms with E-state index in [9.17, 15) is 9.59 Å². The molecule has 1 saturated heterocycles. The number of ether oxygens (including phenoxy) is 1. The highest BCUT2D eigenvalue weighted by Gasteiger charge is 2.26. The van der Waals surface area contributed by atoms with Gasteiger partial charge in [-0.05, 0) is 38.0 Å². The Bertz CT molecular complexity index is 514. The second kappa shape index (κ2) is 6.07. The van der Waals surface area contributed by atoms with Gasteiger partial charge in [0.1, 0.15) is 11.5 Å². The number of likely N-dealkylation sites (tertiary alicyclic amines) is 1. The molecule has 0 bridgehead atoms. The Balaban J connectivity index is 2.00. The van der Waals surface area contributed by atoms with E-state index >= 15 is 0 Å². The zero-order chi connectivity index (χ0) is 14.7. The van der Waals surface area contributed by atoms with E-state index in [0.29, 0.717) is 25.9 Å². The summed E-state index contributed by atoms with van der Waals surface area (Å²) in [6.07, 6.45) is 0.396. The molecule has 1 aromatic carbocycles. The molecule has 4 heteroatoms. The summed E-state index contributed by atoms with van der Waals surface area (Å²) in [5, 5.41) is 0. The molecular formula is C16H21NO3. The molecule has 1 aliphatic heterocycles. The van der Waals surface area contributed by atoms with Gasteiger partial charge in [0.05, 0.1) is 0 Å². The van der Waals surface area contributed by atoms with Gasteiger partial charge in [-0.3, -0.25) is 9.59 Å². The molecular weight excluding hydrogens is 254 g/mol. The summed E-state index contributed by atoms with van der Waals surface area (Å²) in [7, 11) is 0. The van der Waals surface area contributed by atoms with Gasteiger partial charge in [0.2, 0.25) is 0 Å². The monoisotopic (exact) mass is 275 g/mol. The van der Waals surface area contributed by atoms with E-state index in [1.807, 2.05) is 32.0 Å². The fourth-order valence-corrected chi connectivity index (χ4v) is 2.31. The quantitative estimate of drug-likeness (QED) is 0.850. The van der Waals surface area contributed by atoms with Crippen molar-refractivity contribution in [1.29, 1.82) is 0 Å². The van der Waals surface area contributed by atoms with Crippen LogP contribution >= 0.6 is 0 Å². The maximum Gasteiger partial charge on any atom is 0.263 e. The Kier molecular flexibility index (Phi) is 4.42. The van der Waals surface area contributed by atoms with Crippen LogP contribution in [0, 0.1) is 13.8 Å². The van der Waals surface area contributed by atoms with Gasteiger partial charge in [-0.2, -0.15) is 0 Å². The molecule has 0 N–H and O–H groups in total. The summed E-state index contributed by atoms with van der Waals surface area (Å²) in [6.45, 7) is 6.75. The van der Waals surface area contributed by atoms with Gasteiger partial charge in [0.15, 0.2) is 6.10 Å². The number of hydrogen-bond acceptors (Lipinski definition) is 3. The predicted octanol–water partition coefficient (Wildman–Crippen LogP) is 2.26. The molecule has 1 fully saturated rings. The molecule has 1 amide bonds. The molecule has 1 aromatic rings. The van der Waals surface area contributed by atoms with Crippen molar-refractivity contribution in [2.45, 2.75) is 39.7 Å². The van der Waals surface area contributed by atoms with Crippen molar-refractivity contribution < 1.29 is 14.3 Å². The summed E-state index contributed by atoms with van der Waals surface area (Å²) >= 11 is 0. The van der Waals surface area contributed by atoms with Crippen LogP contribution in [-0.4, -0.2) is 35.8 Å². The second-order valence-corrected chi connectivity index (χ2v) is 5.39. The van der Waals surface area contributed by atoms with Crippen LogP contribution in [0.1, 0.15) is 30.9 Å². The van der Waals surface area contributed by atoms with Crippen LogP contribution in [0.3, 0.4) is 0 Å². The third-order valence-corrected chi connectivity index (χ3v) is 3.63. The lowest BCUT2D eigenvalue weighted by molar-refractivity contribution is -0.140. The third-order valence-electron chi connectivity index (χ3n) is 3.63. The van der Waals surface area contributed by atoms with Gasteiger partial charge in [0.25, 0.3) is 5.91 Å². The molecule has 0 saturated carbocycles. The smallest absolute Gasteiger partial charge is 0.263 e. The van der Waals surface area contributed by atoms with Gasteiger partial charge in [-0.25, -0.2) is 0 Å². The van der Waals surface area contributed by atoms with Crippen molar-refractivity contribution in [1.82, 2.24) is 4.90 Å². The van der Waals surface area contributed by atoms with E-state index in [4.69, 9.17) is 4.74 Å². The van der Waals surface area contributed by atoms with Crippen LogP contribution in [0.2, 0.25) is 0 Å². The topological polar surface area (TPSA) is 46.6 Å². The zero-order valence-corrected chi connectivity index (χ0v) is 12.3. The zero-order valence-electron chi connectivity index (χ0n) is 12.3. The van der Waals surface area contributed by atoms with Crippen LogP contribution in [0.15, 0.2) is 18.2 Å². The van der Waals surface area contributed by atoms with Crippen LogP contribution in [0.25, 0.3) is 0 Å². The highest BCUT2D eigenvalue weighted by Crippen LogP contribution is 2.21. The maximum absolute atomic E-state index is 12.3. The SMILES string of the molecule is Cc1ccc(C)c(OC(C)C(=O)N2CCC(=O)CC2)c1. The fraction of sp³-hybridized carbons (Fsp3) is 0.500. The molecule has 0 spiro atoms. The van der Waals surface area contributed by atoms with E-state index in [-0.39, 0.29) is 11.7 Å². The van der Waals surface area contributed by atoms with Gasteiger partial charge in [0, 0.05) is 25.9 Å². The molecule has 1 atom stereocenters. The second-order valence-electron chi connectivity index (χ2n) is 5.39. The van der Waals surface area contributed by atoms with Crippen molar-refractivity contribution in [2.75, 3.05) is 13.1 Å². The molecule has 0 aromatic heterocycles. The largest absolute Gasteiger partial charge is 0.481 e. The first-order valence-electron chi connectivity index (χ1n) is 7.02.